The lowest BCUT2D eigenvalue weighted by Crippen LogP contribution is -2.30. The fraction of sp³-hybridized carbons (Fsp3) is 0.911. The normalized spacial score (nSPS) is 12.0. The van der Waals surface area contributed by atoms with Gasteiger partial charge in [-0.2, -0.15) is 0 Å². The zero-order chi connectivity index (χ0) is 45.1. The molecule has 0 saturated carbocycles. The molecule has 0 aliphatic rings. The minimum absolute atomic E-state index is 0.0679. The Kier molecular flexibility index (Phi) is 50.2. The lowest BCUT2D eigenvalue weighted by molar-refractivity contribution is -0.167. The molecule has 0 bridgehead atoms. The summed E-state index contributed by atoms with van der Waals surface area (Å²) in [4.78, 5) is 38.0. The largest absolute Gasteiger partial charge is 0.462 e. The van der Waals surface area contributed by atoms with Crippen LogP contribution in [0.25, 0.3) is 0 Å². The van der Waals surface area contributed by atoms with Gasteiger partial charge >= 0.3 is 17.9 Å². The number of carbonyl (C=O) groups excluding carboxylic acids is 3. The zero-order valence-electron chi connectivity index (χ0n) is 41.9. The number of hydrogen-bond acceptors (Lipinski definition) is 6. The molecule has 1 unspecified atom stereocenters. The van der Waals surface area contributed by atoms with E-state index in [9.17, 15) is 14.4 Å². The van der Waals surface area contributed by atoms with Gasteiger partial charge in [-0.1, -0.05) is 258 Å². The summed E-state index contributed by atoms with van der Waals surface area (Å²) >= 11 is 0. The highest BCUT2D eigenvalue weighted by molar-refractivity contribution is 5.71. The third-order valence-electron chi connectivity index (χ3n) is 12.5. The summed E-state index contributed by atoms with van der Waals surface area (Å²) in [6, 6.07) is 0. The molecule has 0 fully saturated rings. The van der Waals surface area contributed by atoms with Gasteiger partial charge in [-0.25, -0.2) is 0 Å². The molecule has 0 aromatic carbocycles. The van der Waals surface area contributed by atoms with Crippen molar-refractivity contribution in [3.8, 4) is 0 Å². The third kappa shape index (κ3) is 49.2. The van der Waals surface area contributed by atoms with Crippen molar-refractivity contribution in [3.05, 3.63) is 12.2 Å². The second-order valence-corrected chi connectivity index (χ2v) is 18.9. The summed E-state index contributed by atoms with van der Waals surface area (Å²) in [6.45, 7) is 6.65. The second-order valence-electron chi connectivity index (χ2n) is 18.9. The van der Waals surface area contributed by atoms with Crippen molar-refractivity contribution < 1.29 is 28.6 Å². The van der Waals surface area contributed by atoms with Crippen LogP contribution in [-0.4, -0.2) is 37.2 Å². The van der Waals surface area contributed by atoms with Gasteiger partial charge < -0.3 is 14.2 Å². The van der Waals surface area contributed by atoms with E-state index in [0.717, 1.165) is 64.2 Å². The molecule has 0 spiro atoms. The highest BCUT2D eigenvalue weighted by Gasteiger charge is 2.19. The van der Waals surface area contributed by atoms with E-state index in [2.05, 4.69) is 32.9 Å². The third-order valence-corrected chi connectivity index (χ3v) is 12.5. The molecule has 6 nitrogen and oxygen atoms in total. The molecule has 0 aliphatic carbocycles. The van der Waals surface area contributed by atoms with E-state index in [1.807, 2.05) is 0 Å². The molecule has 0 saturated heterocycles. The summed E-state index contributed by atoms with van der Waals surface area (Å²) in [5.74, 6) is -0.859. The Balaban J connectivity index is 4.21. The Morgan fingerprint density at radius 1 is 0.306 bits per heavy atom. The Hall–Kier alpha value is -1.85. The lowest BCUT2D eigenvalue weighted by Gasteiger charge is -2.18. The Bertz CT molecular complexity index is 962. The molecule has 0 aromatic heterocycles. The average molecular weight is 875 g/mol. The van der Waals surface area contributed by atoms with Gasteiger partial charge in [0.2, 0.25) is 0 Å². The van der Waals surface area contributed by atoms with E-state index in [-0.39, 0.29) is 31.1 Å². The molecule has 0 aliphatic heterocycles. The van der Waals surface area contributed by atoms with E-state index < -0.39 is 6.10 Å². The van der Waals surface area contributed by atoms with Crippen molar-refractivity contribution in [2.24, 2.45) is 0 Å². The molecule has 0 aromatic rings. The van der Waals surface area contributed by atoms with Gasteiger partial charge in [-0.15, -0.1) is 0 Å². The second kappa shape index (κ2) is 51.8. The Morgan fingerprint density at radius 3 is 0.839 bits per heavy atom. The molecular weight excluding hydrogens is 769 g/mol. The maximum atomic E-state index is 12.8. The predicted octanol–water partition coefficient (Wildman–Crippen LogP) is 18.2. The lowest BCUT2D eigenvalue weighted by atomic mass is 10.0. The number of rotatable bonds is 51. The smallest absolute Gasteiger partial charge is 0.306 e. The van der Waals surface area contributed by atoms with E-state index in [4.69, 9.17) is 14.2 Å². The van der Waals surface area contributed by atoms with Crippen LogP contribution in [-0.2, 0) is 28.6 Å². The van der Waals surface area contributed by atoms with E-state index in [1.165, 1.54) is 205 Å². The first-order valence-corrected chi connectivity index (χ1v) is 27.7. The fourth-order valence-electron chi connectivity index (χ4n) is 8.32. The van der Waals surface area contributed by atoms with Crippen molar-refractivity contribution in [3.63, 3.8) is 0 Å². The molecule has 366 valence electrons. The van der Waals surface area contributed by atoms with Gasteiger partial charge in [0.15, 0.2) is 6.10 Å². The monoisotopic (exact) mass is 875 g/mol. The molecule has 0 radical (unpaired) electrons. The van der Waals surface area contributed by atoms with Crippen LogP contribution in [0.3, 0.4) is 0 Å². The van der Waals surface area contributed by atoms with Crippen molar-refractivity contribution >= 4 is 17.9 Å². The van der Waals surface area contributed by atoms with Crippen LogP contribution < -0.4 is 0 Å². The first kappa shape index (κ1) is 60.2. The topological polar surface area (TPSA) is 78.9 Å². The SMILES string of the molecule is CCCCC/C=C\CCCCCCCC(=O)OC(COC(=O)CCCCCCCCCCCCC)COC(=O)CCCCCCCCCCCCCCCCCCCCCCC. The quantitative estimate of drug-likeness (QED) is 0.0262. The van der Waals surface area contributed by atoms with Crippen molar-refractivity contribution in [1.82, 2.24) is 0 Å². The molecule has 0 rings (SSSR count). The fourth-order valence-corrected chi connectivity index (χ4v) is 8.32. The van der Waals surface area contributed by atoms with Crippen molar-refractivity contribution in [1.29, 1.82) is 0 Å². The molecule has 6 heteroatoms. The van der Waals surface area contributed by atoms with Crippen LogP contribution in [0, 0.1) is 0 Å². The number of unbranched alkanes of at least 4 members (excludes halogenated alkanes) is 38. The number of hydrogen-bond donors (Lipinski definition) is 0. The minimum Gasteiger partial charge on any atom is -0.462 e. The maximum Gasteiger partial charge on any atom is 0.306 e. The van der Waals surface area contributed by atoms with Gasteiger partial charge in [0.25, 0.3) is 0 Å². The highest BCUT2D eigenvalue weighted by Crippen LogP contribution is 2.17. The molecular formula is C56H106O6. The molecule has 62 heavy (non-hydrogen) atoms. The first-order valence-electron chi connectivity index (χ1n) is 27.7. The molecule has 1 atom stereocenters. The number of allylic oxidation sites excluding steroid dienone is 2. The zero-order valence-corrected chi connectivity index (χ0v) is 41.9. The van der Waals surface area contributed by atoms with Gasteiger partial charge in [-0.05, 0) is 44.9 Å². The molecule has 0 amide bonds. The van der Waals surface area contributed by atoms with Crippen LogP contribution in [0.4, 0.5) is 0 Å². The molecule has 0 heterocycles. The number of ether oxygens (including phenoxy) is 3. The highest BCUT2D eigenvalue weighted by atomic mass is 16.6. The van der Waals surface area contributed by atoms with E-state index >= 15 is 0 Å². The summed E-state index contributed by atoms with van der Waals surface area (Å²) in [5, 5.41) is 0. The summed E-state index contributed by atoms with van der Waals surface area (Å²) in [7, 11) is 0. The standard InChI is InChI=1S/C56H106O6/c1-4-7-10-13-16-19-22-24-25-26-27-28-29-30-31-32-35-37-40-43-46-49-55(58)61-52-53(51-60-54(57)48-45-42-39-36-33-21-18-15-12-9-6-3)62-56(59)50-47-44-41-38-34-23-20-17-14-11-8-5-2/h17,20,53H,4-16,18-19,21-52H2,1-3H3/b20-17-. The van der Waals surface area contributed by atoms with Crippen LogP contribution in [0.2, 0.25) is 0 Å². The Labute approximate surface area is 386 Å². The summed E-state index contributed by atoms with van der Waals surface area (Å²) < 4.78 is 16.8. The Morgan fingerprint density at radius 2 is 0.532 bits per heavy atom. The van der Waals surface area contributed by atoms with Crippen LogP contribution in [0.1, 0.15) is 310 Å². The number of esters is 3. The van der Waals surface area contributed by atoms with Crippen molar-refractivity contribution in [2.45, 2.75) is 316 Å². The summed E-state index contributed by atoms with van der Waals surface area (Å²) in [6.07, 6.45) is 57.8. The van der Waals surface area contributed by atoms with E-state index in [1.54, 1.807) is 0 Å². The molecule has 0 N–H and O–H groups in total. The van der Waals surface area contributed by atoms with Crippen LogP contribution in [0.5, 0.6) is 0 Å². The average Bonchev–Trinajstić information content (AvgIpc) is 3.27. The summed E-state index contributed by atoms with van der Waals surface area (Å²) in [5.41, 5.74) is 0. The van der Waals surface area contributed by atoms with Crippen molar-refractivity contribution in [2.75, 3.05) is 13.2 Å². The van der Waals surface area contributed by atoms with E-state index in [0.29, 0.717) is 19.3 Å². The van der Waals surface area contributed by atoms with Gasteiger partial charge in [0.05, 0.1) is 0 Å². The van der Waals surface area contributed by atoms with Crippen LogP contribution >= 0.6 is 0 Å². The van der Waals surface area contributed by atoms with Gasteiger partial charge in [0, 0.05) is 19.3 Å². The van der Waals surface area contributed by atoms with Crippen LogP contribution in [0.15, 0.2) is 12.2 Å². The predicted molar refractivity (Wildman–Crippen MR) is 266 cm³/mol. The first-order chi connectivity index (χ1) is 30.5. The number of carbonyl (C=O) groups is 3. The maximum absolute atomic E-state index is 12.8. The minimum atomic E-state index is -0.767. The van der Waals surface area contributed by atoms with Gasteiger partial charge in [0.1, 0.15) is 13.2 Å². The van der Waals surface area contributed by atoms with Gasteiger partial charge in [-0.3, -0.25) is 14.4 Å².